The molecule has 5 heteroatoms. The first-order valence-corrected chi connectivity index (χ1v) is 9.71. The molecule has 2 fully saturated rings. The molecular formula is C21H28N2O3. The molecular weight excluding hydrogens is 328 g/mol. The van der Waals surface area contributed by atoms with Crippen LogP contribution in [0.2, 0.25) is 0 Å². The Morgan fingerprint density at radius 1 is 1.27 bits per heavy atom. The third-order valence-electron chi connectivity index (χ3n) is 6.37. The van der Waals surface area contributed by atoms with Crippen molar-refractivity contribution < 1.29 is 13.9 Å². The highest BCUT2D eigenvalue weighted by molar-refractivity contribution is 5.96. The molecule has 0 aliphatic carbocycles. The fraction of sp³-hybridized carbons (Fsp3) is 0.571. The lowest BCUT2D eigenvalue weighted by molar-refractivity contribution is 0.0202. The molecule has 5 nitrogen and oxygen atoms in total. The van der Waals surface area contributed by atoms with Gasteiger partial charge in [0, 0.05) is 36.7 Å². The van der Waals surface area contributed by atoms with Crippen molar-refractivity contribution in [1.82, 2.24) is 9.80 Å². The molecule has 0 unspecified atom stereocenters. The molecule has 0 bridgehead atoms. The summed E-state index contributed by atoms with van der Waals surface area (Å²) in [5, 5.41) is 0.985. The molecule has 1 aromatic carbocycles. The van der Waals surface area contributed by atoms with Gasteiger partial charge >= 0.3 is 0 Å². The highest BCUT2D eigenvalue weighted by Gasteiger charge is 2.46. The first-order valence-electron chi connectivity index (χ1n) is 9.71. The summed E-state index contributed by atoms with van der Waals surface area (Å²) in [6, 6.07) is 10.1. The topological polar surface area (TPSA) is 45.9 Å². The number of para-hydroxylation sites is 1. The predicted molar refractivity (Wildman–Crippen MR) is 101 cm³/mol. The number of amides is 1. The van der Waals surface area contributed by atoms with Crippen LogP contribution in [0.1, 0.15) is 43.2 Å². The molecule has 0 radical (unpaired) electrons. The first-order chi connectivity index (χ1) is 12.6. The van der Waals surface area contributed by atoms with E-state index in [1.165, 1.54) is 12.8 Å². The van der Waals surface area contributed by atoms with E-state index < -0.39 is 0 Å². The zero-order valence-corrected chi connectivity index (χ0v) is 15.7. The van der Waals surface area contributed by atoms with E-state index in [9.17, 15) is 4.79 Å². The molecule has 4 rings (SSSR count). The van der Waals surface area contributed by atoms with Gasteiger partial charge in [0.25, 0.3) is 5.91 Å². The monoisotopic (exact) mass is 356 g/mol. The van der Waals surface area contributed by atoms with E-state index in [0.717, 1.165) is 50.1 Å². The van der Waals surface area contributed by atoms with Crippen molar-refractivity contribution in [3.8, 4) is 0 Å². The molecule has 0 N–H and O–H groups in total. The number of fused-ring (bicyclic) bond motifs is 1. The Morgan fingerprint density at radius 2 is 2.04 bits per heavy atom. The van der Waals surface area contributed by atoms with Crippen LogP contribution in [0.25, 0.3) is 11.0 Å². The standard InChI is InChI=1S/C21H28N2O3/c1-3-25-15-17-8-9-21(22(17)2)10-12-23(13-11-21)20(24)19-14-16-6-4-5-7-18(16)26-19/h4-7,14,17H,3,8-13,15H2,1-2H3/t17-/m0/s1. The van der Waals surface area contributed by atoms with Crippen LogP contribution >= 0.6 is 0 Å². The summed E-state index contributed by atoms with van der Waals surface area (Å²) >= 11 is 0. The number of rotatable bonds is 4. The molecule has 1 amide bonds. The van der Waals surface area contributed by atoms with Crippen molar-refractivity contribution in [2.45, 2.75) is 44.2 Å². The second-order valence-corrected chi connectivity index (χ2v) is 7.63. The predicted octanol–water partition coefficient (Wildman–Crippen LogP) is 3.54. The number of furan rings is 1. The van der Waals surface area contributed by atoms with Crippen LogP contribution < -0.4 is 0 Å². The van der Waals surface area contributed by atoms with E-state index >= 15 is 0 Å². The van der Waals surface area contributed by atoms with Gasteiger partial charge in [-0.15, -0.1) is 0 Å². The van der Waals surface area contributed by atoms with Crippen molar-refractivity contribution in [1.29, 1.82) is 0 Å². The molecule has 0 saturated carbocycles. The highest BCUT2D eigenvalue weighted by atomic mass is 16.5. The number of carbonyl (C=O) groups is 1. The zero-order chi connectivity index (χ0) is 18.1. The largest absolute Gasteiger partial charge is 0.451 e. The number of likely N-dealkylation sites (N-methyl/N-ethyl adjacent to an activating group) is 1. The third-order valence-corrected chi connectivity index (χ3v) is 6.37. The summed E-state index contributed by atoms with van der Waals surface area (Å²) in [6.07, 6.45) is 4.44. The summed E-state index contributed by atoms with van der Waals surface area (Å²) in [6.45, 7) is 5.23. The number of nitrogens with zero attached hydrogens (tertiary/aromatic N) is 2. The summed E-state index contributed by atoms with van der Waals surface area (Å²) in [5.74, 6) is 0.471. The fourth-order valence-corrected chi connectivity index (χ4v) is 4.61. The van der Waals surface area contributed by atoms with Crippen LogP contribution in [0.15, 0.2) is 34.7 Å². The molecule has 3 heterocycles. The number of piperidine rings is 1. The smallest absolute Gasteiger partial charge is 0.289 e. The van der Waals surface area contributed by atoms with Gasteiger partial charge in [-0.05, 0) is 51.8 Å². The van der Waals surface area contributed by atoms with Gasteiger partial charge in [0.15, 0.2) is 5.76 Å². The summed E-state index contributed by atoms with van der Waals surface area (Å²) in [5.41, 5.74) is 1.01. The molecule has 26 heavy (non-hydrogen) atoms. The number of benzene rings is 1. The summed E-state index contributed by atoms with van der Waals surface area (Å²) in [7, 11) is 2.23. The van der Waals surface area contributed by atoms with Gasteiger partial charge < -0.3 is 14.1 Å². The average Bonchev–Trinajstić information content (AvgIpc) is 3.23. The number of hydrogen-bond donors (Lipinski definition) is 0. The molecule has 2 aliphatic heterocycles. The number of ether oxygens (including phenoxy) is 1. The minimum absolute atomic E-state index is 0.0163. The van der Waals surface area contributed by atoms with Gasteiger partial charge in [0.05, 0.1) is 6.61 Å². The van der Waals surface area contributed by atoms with Gasteiger partial charge in [-0.1, -0.05) is 18.2 Å². The molecule has 1 spiro atoms. The van der Waals surface area contributed by atoms with Crippen LogP contribution in [0.3, 0.4) is 0 Å². The molecule has 2 aliphatic rings. The Balaban J connectivity index is 1.41. The van der Waals surface area contributed by atoms with Crippen LogP contribution in [0.5, 0.6) is 0 Å². The normalized spacial score (nSPS) is 23.2. The van der Waals surface area contributed by atoms with E-state index in [1.807, 2.05) is 42.2 Å². The number of hydrogen-bond acceptors (Lipinski definition) is 4. The maximum absolute atomic E-state index is 12.9. The maximum atomic E-state index is 12.9. The maximum Gasteiger partial charge on any atom is 0.289 e. The Hall–Kier alpha value is -1.85. The van der Waals surface area contributed by atoms with Crippen LogP contribution in [-0.4, -0.2) is 60.6 Å². The van der Waals surface area contributed by atoms with E-state index in [4.69, 9.17) is 9.15 Å². The Kier molecular flexibility index (Phi) is 4.76. The summed E-state index contributed by atoms with van der Waals surface area (Å²) < 4.78 is 11.4. The van der Waals surface area contributed by atoms with E-state index in [1.54, 1.807) is 0 Å². The van der Waals surface area contributed by atoms with Gasteiger partial charge in [-0.2, -0.15) is 0 Å². The Bertz CT molecular complexity index is 743. The van der Waals surface area contributed by atoms with Crippen LogP contribution in [0, 0.1) is 0 Å². The van der Waals surface area contributed by atoms with Crippen molar-refractivity contribution >= 4 is 16.9 Å². The fourth-order valence-electron chi connectivity index (χ4n) is 4.61. The molecule has 1 aromatic heterocycles. The minimum atomic E-state index is 0.0163. The van der Waals surface area contributed by atoms with Gasteiger partial charge in [0.2, 0.25) is 0 Å². The van der Waals surface area contributed by atoms with Crippen molar-refractivity contribution in [2.75, 3.05) is 33.4 Å². The van der Waals surface area contributed by atoms with Crippen LogP contribution in [0.4, 0.5) is 0 Å². The van der Waals surface area contributed by atoms with Crippen molar-refractivity contribution in [2.24, 2.45) is 0 Å². The zero-order valence-electron chi connectivity index (χ0n) is 15.7. The Labute approximate surface area is 154 Å². The van der Waals surface area contributed by atoms with Gasteiger partial charge in [-0.25, -0.2) is 0 Å². The molecule has 2 aromatic rings. The lowest BCUT2D eigenvalue weighted by Gasteiger charge is -2.44. The molecule has 1 atom stereocenters. The second-order valence-electron chi connectivity index (χ2n) is 7.63. The van der Waals surface area contributed by atoms with Crippen molar-refractivity contribution in [3.63, 3.8) is 0 Å². The number of carbonyl (C=O) groups excluding carboxylic acids is 1. The summed E-state index contributed by atoms with van der Waals surface area (Å²) in [4.78, 5) is 17.3. The Morgan fingerprint density at radius 3 is 2.77 bits per heavy atom. The second kappa shape index (κ2) is 7.05. The number of likely N-dealkylation sites (tertiary alicyclic amines) is 2. The van der Waals surface area contributed by atoms with E-state index in [-0.39, 0.29) is 11.4 Å². The average molecular weight is 356 g/mol. The lowest BCUT2D eigenvalue weighted by Crippen LogP contribution is -2.54. The quantitative estimate of drug-likeness (QED) is 0.841. The lowest BCUT2D eigenvalue weighted by atomic mass is 9.85. The van der Waals surface area contributed by atoms with E-state index in [2.05, 4.69) is 11.9 Å². The SMILES string of the molecule is CCOC[C@@H]1CCC2(CCN(C(=O)c3cc4ccccc4o3)CC2)N1C. The molecule has 140 valence electrons. The van der Waals surface area contributed by atoms with Crippen molar-refractivity contribution in [3.05, 3.63) is 36.1 Å². The highest BCUT2D eigenvalue weighted by Crippen LogP contribution is 2.40. The first kappa shape index (κ1) is 17.6. The van der Waals surface area contributed by atoms with E-state index in [0.29, 0.717) is 11.8 Å². The molecule has 2 saturated heterocycles. The van der Waals surface area contributed by atoms with Crippen LogP contribution in [-0.2, 0) is 4.74 Å². The van der Waals surface area contributed by atoms with Gasteiger partial charge in [-0.3, -0.25) is 9.69 Å². The third kappa shape index (κ3) is 3.03. The minimum Gasteiger partial charge on any atom is -0.451 e. The van der Waals surface area contributed by atoms with Gasteiger partial charge in [0.1, 0.15) is 5.58 Å².